The molecule has 1 aromatic rings. The Morgan fingerprint density at radius 1 is 1.71 bits per heavy atom. The minimum atomic E-state index is 0.510. The highest BCUT2D eigenvalue weighted by molar-refractivity contribution is 7.10. The molecule has 0 amide bonds. The van der Waals surface area contributed by atoms with Crippen molar-refractivity contribution in [3.8, 4) is 0 Å². The minimum absolute atomic E-state index is 0.510. The predicted molar refractivity (Wildman–Crippen MR) is 61.7 cm³/mol. The van der Waals surface area contributed by atoms with Crippen LogP contribution < -0.4 is 10.6 Å². The SMILES string of the molecule is CC(NCC1CCNC1)c1cccs1. The second kappa shape index (κ2) is 4.91. The van der Waals surface area contributed by atoms with E-state index in [1.54, 1.807) is 0 Å². The fourth-order valence-electron chi connectivity index (χ4n) is 1.87. The van der Waals surface area contributed by atoms with Gasteiger partial charge in [0.05, 0.1) is 0 Å². The summed E-state index contributed by atoms with van der Waals surface area (Å²) in [5.74, 6) is 0.831. The molecule has 2 unspecified atom stereocenters. The van der Waals surface area contributed by atoms with Crippen LogP contribution in [0.5, 0.6) is 0 Å². The van der Waals surface area contributed by atoms with Crippen LogP contribution in [0.25, 0.3) is 0 Å². The molecule has 0 aliphatic carbocycles. The van der Waals surface area contributed by atoms with Gasteiger partial charge in [0.2, 0.25) is 0 Å². The highest BCUT2D eigenvalue weighted by Gasteiger charge is 2.15. The molecule has 2 nitrogen and oxygen atoms in total. The Balaban J connectivity index is 1.74. The van der Waals surface area contributed by atoms with Crippen molar-refractivity contribution < 1.29 is 0 Å². The molecule has 2 atom stereocenters. The van der Waals surface area contributed by atoms with Gasteiger partial charge in [-0.1, -0.05) is 6.07 Å². The molecule has 1 saturated heterocycles. The van der Waals surface area contributed by atoms with Gasteiger partial charge in [-0.25, -0.2) is 0 Å². The number of nitrogens with one attached hydrogen (secondary N) is 2. The van der Waals surface area contributed by atoms with Gasteiger partial charge in [0, 0.05) is 10.9 Å². The van der Waals surface area contributed by atoms with Crippen LogP contribution in [0.3, 0.4) is 0 Å². The summed E-state index contributed by atoms with van der Waals surface area (Å²) in [5, 5.41) is 9.13. The molecule has 78 valence electrons. The molecule has 2 heterocycles. The summed E-state index contributed by atoms with van der Waals surface area (Å²) in [7, 11) is 0. The van der Waals surface area contributed by atoms with Gasteiger partial charge >= 0.3 is 0 Å². The molecule has 1 aromatic heterocycles. The Morgan fingerprint density at radius 3 is 3.29 bits per heavy atom. The maximum Gasteiger partial charge on any atom is 0.0386 e. The van der Waals surface area contributed by atoms with E-state index in [-0.39, 0.29) is 0 Å². The van der Waals surface area contributed by atoms with Crippen molar-refractivity contribution >= 4 is 11.3 Å². The monoisotopic (exact) mass is 210 g/mol. The zero-order valence-electron chi connectivity index (χ0n) is 8.62. The first-order valence-electron chi connectivity index (χ1n) is 5.34. The maximum absolute atomic E-state index is 3.60. The van der Waals surface area contributed by atoms with Crippen molar-refractivity contribution in [2.24, 2.45) is 5.92 Å². The number of hydrogen-bond acceptors (Lipinski definition) is 3. The zero-order chi connectivity index (χ0) is 9.80. The number of thiophene rings is 1. The molecule has 3 heteroatoms. The highest BCUT2D eigenvalue weighted by atomic mass is 32.1. The predicted octanol–water partition coefficient (Wildman–Crippen LogP) is 2.01. The van der Waals surface area contributed by atoms with E-state index in [9.17, 15) is 0 Å². The third-order valence-corrected chi connectivity index (χ3v) is 3.90. The maximum atomic E-state index is 3.60. The van der Waals surface area contributed by atoms with E-state index >= 15 is 0 Å². The van der Waals surface area contributed by atoms with Crippen molar-refractivity contribution in [3.63, 3.8) is 0 Å². The van der Waals surface area contributed by atoms with Crippen molar-refractivity contribution in [2.75, 3.05) is 19.6 Å². The lowest BCUT2D eigenvalue weighted by Crippen LogP contribution is -2.26. The van der Waals surface area contributed by atoms with E-state index in [4.69, 9.17) is 0 Å². The summed E-state index contributed by atoms with van der Waals surface area (Å²) in [6.07, 6.45) is 1.32. The standard InChI is InChI=1S/C11H18N2S/c1-9(11-3-2-6-14-11)13-8-10-4-5-12-7-10/h2-3,6,9-10,12-13H,4-5,7-8H2,1H3. The van der Waals surface area contributed by atoms with E-state index < -0.39 is 0 Å². The van der Waals surface area contributed by atoms with E-state index in [1.165, 1.54) is 24.4 Å². The molecule has 1 aliphatic rings. The lowest BCUT2D eigenvalue weighted by atomic mass is 10.1. The number of rotatable bonds is 4. The van der Waals surface area contributed by atoms with Crippen molar-refractivity contribution in [3.05, 3.63) is 22.4 Å². The Labute approximate surface area is 89.7 Å². The molecule has 1 aliphatic heterocycles. The third-order valence-electron chi connectivity index (χ3n) is 2.85. The number of hydrogen-bond donors (Lipinski definition) is 2. The Kier molecular flexibility index (Phi) is 3.56. The lowest BCUT2D eigenvalue weighted by molar-refractivity contribution is 0.473. The topological polar surface area (TPSA) is 24.1 Å². The van der Waals surface area contributed by atoms with Crippen molar-refractivity contribution in [2.45, 2.75) is 19.4 Å². The summed E-state index contributed by atoms with van der Waals surface area (Å²) in [6, 6.07) is 4.83. The second-order valence-electron chi connectivity index (χ2n) is 4.00. The smallest absolute Gasteiger partial charge is 0.0386 e. The second-order valence-corrected chi connectivity index (χ2v) is 4.98. The van der Waals surface area contributed by atoms with Crippen LogP contribution in [0.15, 0.2) is 17.5 Å². The molecule has 1 fully saturated rings. The highest BCUT2D eigenvalue weighted by Crippen LogP contribution is 2.18. The first-order valence-corrected chi connectivity index (χ1v) is 6.21. The molecular weight excluding hydrogens is 192 g/mol. The molecule has 0 radical (unpaired) electrons. The summed E-state index contributed by atoms with van der Waals surface area (Å²) >= 11 is 1.84. The Bertz CT molecular complexity index is 252. The molecule has 14 heavy (non-hydrogen) atoms. The van der Waals surface area contributed by atoms with Gasteiger partial charge in [-0.05, 0) is 50.3 Å². The Morgan fingerprint density at radius 2 is 2.64 bits per heavy atom. The van der Waals surface area contributed by atoms with Gasteiger partial charge in [0.1, 0.15) is 0 Å². The average Bonchev–Trinajstić information content (AvgIpc) is 2.87. The van der Waals surface area contributed by atoms with Crippen LogP contribution >= 0.6 is 11.3 Å². The summed E-state index contributed by atoms with van der Waals surface area (Å²) in [4.78, 5) is 1.44. The molecule has 0 bridgehead atoms. The first-order chi connectivity index (χ1) is 6.86. The fourth-order valence-corrected chi connectivity index (χ4v) is 2.63. The van der Waals surface area contributed by atoms with Gasteiger partial charge in [0.15, 0.2) is 0 Å². The van der Waals surface area contributed by atoms with Gasteiger partial charge in [-0.15, -0.1) is 11.3 Å². The van der Waals surface area contributed by atoms with Crippen molar-refractivity contribution in [1.82, 2.24) is 10.6 Å². The van der Waals surface area contributed by atoms with Crippen LogP contribution in [-0.4, -0.2) is 19.6 Å². The summed E-state index contributed by atoms with van der Waals surface area (Å²) in [5.41, 5.74) is 0. The largest absolute Gasteiger partial charge is 0.316 e. The van der Waals surface area contributed by atoms with Crippen LogP contribution in [0.2, 0.25) is 0 Å². The first kappa shape index (κ1) is 10.1. The van der Waals surface area contributed by atoms with E-state index in [0.717, 1.165) is 12.5 Å². The third kappa shape index (κ3) is 2.56. The zero-order valence-corrected chi connectivity index (χ0v) is 9.44. The normalized spacial score (nSPS) is 23.9. The summed E-state index contributed by atoms with van der Waals surface area (Å²) in [6.45, 7) is 5.77. The Hall–Kier alpha value is -0.380. The van der Waals surface area contributed by atoms with Crippen LogP contribution in [0, 0.1) is 5.92 Å². The van der Waals surface area contributed by atoms with E-state index in [0.29, 0.717) is 6.04 Å². The minimum Gasteiger partial charge on any atom is -0.316 e. The van der Waals surface area contributed by atoms with Crippen LogP contribution in [-0.2, 0) is 0 Å². The molecule has 0 aromatic carbocycles. The van der Waals surface area contributed by atoms with Gasteiger partial charge < -0.3 is 10.6 Å². The molecule has 2 N–H and O–H groups in total. The lowest BCUT2D eigenvalue weighted by Gasteiger charge is -2.15. The van der Waals surface area contributed by atoms with Gasteiger partial charge in [0.25, 0.3) is 0 Å². The van der Waals surface area contributed by atoms with Gasteiger partial charge in [-0.2, -0.15) is 0 Å². The van der Waals surface area contributed by atoms with Gasteiger partial charge in [-0.3, -0.25) is 0 Å². The fraction of sp³-hybridized carbons (Fsp3) is 0.636. The molecule has 0 spiro atoms. The van der Waals surface area contributed by atoms with E-state index in [2.05, 4.69) is 35.1 Å². The van der Waals surface area contributed by atoms with Crippen LogP contribution in [0.1, 0.15) is 24.3 Å². The summed E-state index contributed by atoms with van der Waals surface area (Å²) < 4.78 is 0. The molecular formula is C11H18N2S. The quantitative estimate of drug-likeness (QED) is 0.794. The average molecular weight is 210 g/mol. The molecule has 0 saturated carbocycles. The van der Waals surface area contributed by atoms with E-state index in [1.807, 2.05) is 11.3 Å². The van der Waals surface area contributed by atoms with Crippen LogP contribution in [0.4, 0.5) is 0 Å². The van der Waals surface area contributed by atoms with Crippen molar-refractivity contribution in [1.29, 1.82) is 0 Å². The molecule has 2 rings (SSSR count).